The van der Waals surface area contributed by atoms with Gasteiger partial charge in [0.15, 0.2) is 0 Å². The van der Waals surface area contributed by atoms with Crippen LogP contribution in [0.2, 0.25) is 5.02 Å². The minimum atomic E-state index is -0.0231. The van der Waals surface area contributed by atoms with Gasteiger partial charge in [0.2, 0.25) is 0 Å². The van der Waals surface area contributed by atoms with Crippen molar-refractivity contribution >= 4 is 49.1 Å². The van der Waals surface area contributed by atoms with E-state index in [1.54, 1.807) is 0 Å². The van der Waals surface area contributed by atoms with Crippen LogP contribution in [0.25, 0.3) is 0 Å². The van der Waals surface area contributed by atoms with E-state index in [0.717, 1.165) is 19.5 Å². The van der Waals surface area contributed by atoms with Crippen molar-refractivity contribution in [2.24, 2.45) is 0 Å². The molecule has 0 aliphatic heterocycles. The Labute approximate surface area is 106 Å². The Morgan fingerprint density at radius 2 is 1.79 bits per heavy atom. The lowest BCUT2D eigenvalue weighted by Crippen LogP contribution is -2.14. The topological polar surface area (TPSA) is 26.0 Å². The van der Waals surface area contributed by atoms with Crippen molar-refractivity contribution in [3.05, 3.63) is 25.6 Å². The molecule has 0 bridgehead atoms. The average Bonchev–Trinajstić information content (AvgIpc) is 1.97. The molecule has 0 amide bonds. The van der Waals surface area contributed by atoms with Gasteiger partial charge in [-0.15, -0.1) is 0 Å². The number of hydrogen-bond acceptors (Lipinski definition) is 1. The molecule has 0 saturated carbocycles. The highest BCUT2D eigenvalue weighted by Gasteiger charge is 2.23. The van der Waals surface area contributed by atoms with E-state index in [4.69, 9.17) is 17.3 Å². The van der Waals surface area contributed by atoms with Gasteiger partial charge in [-0.1, -0.05) is 32.4 Å². The van der Waals surface area contributed by atoms with Crippen LogP contribution in [0.15, 0.2) is 15.0 Å². The first-order valence-electron chi connectivity index (χ1n) is 4.18. The third-order valence-electron chi connectivity index (χ3n) is 1.96. The van der Waals surface area contributed by atoms with E-state index in [-0.39, 0.29) is 5.41 Å². The summed E-state index contributed by atoms with van der Waals surface area (Å²) in [5, 5.41) is 0.727. The minimum Gasteiger partial charge on any atom is -0.397 e. The van der Waals surface area contributed by atoms with Crippen molar-refractivity contribution in [2.75, 3.05) is 5.73 Å². The highest BCUT2D eigenvalue weighted by molar-refractivity contribution is 9.11. The molecule has 0 unspecified atom stereocenters. The van der Waals surface area contributed by atoms with Crippen LogP contribution in [0.3, 0.4) is 0 Å². The number of nitrogens with two attached hydrogens (primary N) is 1. The summed E-state index contributed by atoms with van der Waals surface area (Å²) in [6.07, 6.45) is 0. The van der Waals surface area contributed by atoms with Gasteiger partial charge in [-0.2, -0.15) is 0 Å². The Morgan fingerprint density at radius 1 is 1.29 bits per heavy atom. The molecule has 2 N–H and O–H groups in total. The van der Waals surface area contributed by atoms with Crippen molar-refractivity contribution in [3.63, 3.8) is 0 Å². The van der Waals surface area contributed by atoms with Gasteiger partial charge in [0.05, 0.1) is 5.69 Å². The Kier molecular flexibility index (Phi) is 3.55. The second-order valence-electron chi connectivity index (χ2n) is 4.19. The predicted molar refractivity (Wildman–Crippen MR) is 70.0 cm³/mol. The lowest BCUT2D eigenvalue weighted by molar-refractivity contribution is 0.587. The lowest BCUT2D eigenvalue weighted by atomic mass is 9.87. The van der Waals surface area contributed by atoms with Crippen molar-refractivity contribution in [2.45, 2.75) is 26.2 Å². The zero-order valence-corrected chi connectivity index (χ0v) is 12.2. The summed E-state index contributed by atoms with van der Waals surface area (Å²) >= 11 is 13.0. The molecule has 0 aromatic heterocycles. The molecule has 0 atom stereocenters. The maximum absolute atomic E-state index is 6.18. The molecule has 4 heteroatoms. The van der Waals surface area contributed by atoms with Crippen LogP contribution in [0.4, 0.5) is 5.69 Å². The molecule has 0 spiro atoms. The van der Waals surface area contributed by atoms with E-state index < -0.39 is 0 Å². The predicted octanol–water partition coefficient (Wildman–Crippen LogP) is 4.74. The van der Waals surface area contributed by atoms with Gasteiger partial charge in [0.25, 0.3) is 0 Å². The fourth-order valence-corrected chi connectivity index (χ4v) is 3.74. The Bertz CT molecular complexity index is 369. The monoisotopic (exact) mass is 339 g/mol. The quantitative estimate of drug-likeness (QED) is 0.678. The highest BCUT2D eigenvalue weighted by atomic mass is 79.9. The van der Waals surface area contributed by atoms with Gasteiger partial charge in [-0.05, 0) is 48.9 Å². The summed E-state index contributed by atoms with van der Waals surface area (Å²) in [5.74, 6) is 0. The van der Waals surface area contributed by atoms with Crippen LogP contribution in [0, 0.1) is 0 Å². The highest BCUT2D eigenvalue weighted by Crippen LogP contribution is 2.42. The second-order valence-corrected chi connectivity index (χ2v) is 6.25. The van der Waals surface area contributed by atoms with Gasteiger partial charge in [0, 0.05) is 14.0 Å². The van der Waals surface area contributed by atoms with E-state index in [0.29, 0.717) is 5.69 Å². The smallest absolute Gasteiger partial charge is 0.0606 e. The summed E-state index contributed by atoms with van der Waals surface area (Å²) in [6, 6.07) is 1.84. The van der Waals surface area contributed by atoms with Crippen LogP contribution in [-0.2, 0) is 5.41 Å². The molecule has 1 rings (SSSR count). The van der Waals surface area contributed by atoms with Gasteiger partial charge >= 0.3 is 0 Å². The fraction of sp³-hybridized carbons (Fsp3) is 0.400. The van der Waals surface area contributed by atoms with Gasteiger partial charge in [-0.3, -0.25) is 0 Å². The SMILES string of the molecule is CC(C)(C)c1c(Cl)cc(Br)c(N)c1Br. The maximum Gasteiger partial charge on any atom is 0.0606 e. The summed E-state index contributed by atoms with van der Waals surface area (Å²) in [7, 11) is 0. The summed E-state index contributed by atoms with van der Waals surface area (Å²) in [5.41, 5.74) is 7.61. The van der Waals surface area contributed by atoms with Crippen molar-refractivity contribution in [1.82, 2.24) is 0 Å². The van der Waals surface area contributed by atoms with Crippen LogP contribution in [0.5, 0.6) is 0 Å². The fourth-order valence-electron chi connectivity index (χ4n) is 1.29. The van der Waals surface area contributed by atoms with Gasteiger partial charge in [-0.25, -0.2) is 0 Å². The third-order valence-corrected chi connectivity index (χ3v) is 3.73. The van der Waals surface area contributed by atoms with Crippen LogP contribution in [-0.4, -0.2) is 0 Å². The molecule has 78 valence electrons. The molecule has 1 aromatic rings. The van der Waals surface area contributed by atoms with Crippen molar-refractivity contribution in [3.8, 4) is 0 Å². The first-order valence-corrected chi connectivity index (χ1v) is 6.15. The molecule has 0 saturated heterocycles. The number of halogens is 3. The number of nitrogen functional groups attached to an aromatic ring is 1. The minimum absolute atomic E-state index is 0.0231. The van der Waals surface area contributed by atoms with E-state index in [1.807, 2.05) is 6.07 Å². The zero-order valence-electron chi connectivity index (χ0n) is 8.29. The van der Waals surface area contributed by atoms with E-state index in [9.17, 15) is 0 Å². The van der Waals surface area contributed by atoms with Crippen molar-refractivity contribution < 1.29 is 0 Å². The molecule has 0 aliphatic carbocycles. The van der Waals surface area contributed by atoms with Crippen LogP contribution < -0.4 is 5.73 Å². The zero-order chi connectivity index (χ0) is 11.1. The van der Waals surface area contributed by atoms with E-state index >= 15 is 0 Å². The first-order chi connectivity index (χ1) is 6.25. The maximum atomic E-state index is 6.18. The summed E-state index contributed by atoms with van der Waals surface area (Å²) < 4.78 is 1.70. The molecule has 14 heavy (non-hydrogen) atoms. The molecule has 1 aromatic carbocycles. The van der Waals surface area contributed by atoms with Crippen molar-refractivity contribution in [1.29, 1.82) is 0 Å². The Hall–Kier alpha value is 0.270. The molecular weight excluding hydrogens is 329 g/mol. The van der Waals surface area contributed by atoms with E-state index in [1.165, 1.54) is 0 Å². The average molecular weight is 341 g/mol. The van der Waals surface area contributed by atoms with E-state index in [2.05, 4.69) is 52.6 Å². The number of benzene rings is 1. The molecule has 1 nitrogen and oxygen atoms in total. The standard InChI is InChI=1S/C10H12Br2ClN/c1-10(2,3)7-6(13)4-5(11)9(14)8(7)12/h4H,14H2,1-3H3. The molecule has 0 heterocycles. The first kappa shape index (κ1) is 12.3. The second kappa shape index (κ2) is 4.03. The van der Waals surface area contributed by atoms with Crippen LogP contribution >= 0.6 is 43.5 Å². The molecular formula is C10H12Br2ClN. The Balaban J connectivity index is 3.53. The lowest BCUT2D eigenvalue weighted by Gasteiger charge is -2.23. The molecule has 0 aliphatic rings. The largest absolute Gasteiger partial charge is 0.397 e. The van der Waals surface area contributed by atoms with Gasteiger partial charge in [0.1, 0.15) is 0 Å². The number of anilines is 1. The Morgan fingerprint density at radius 3 is 2.21 bits per heavy atom. The van der Waals surface area contributed by atoms with Crippen LogP contribution in [0.1, 0.15) is 26.3 Å². The van der Waals surface area contributed by atoms with Gasteiger partial charge < -0.3 is 5.73 Å². The normalized spacial score (nSPS) is 11.9. The number of rotatable bonds is 0. The molecule has 0 fully saturated rings. The summed E-state index contributed by atoms with van der Waals surface area (Å²) in [4.78, 5) is 0. The summed E-state index contributed by atoms with van der Waals surface area (Å²) in [6.45, 7) is 6.31. The third kappa shape index (κ3) is 2.26. The molecule has 0 radical (unpaired) electrons. The number of hydrogen-bond donors (Lipinski definition) is 1.